The Morgan fingerprint density at radius 3 is 1.04 bits per heavy atom. The van der Waals surface area contributed by atoms with Crippen molar-refractivity contribution in [2.45, 2.75) is 232 Å². The lowest BCUT2D eigenvalue weighted by Crippen LogP contribution is -2.30. The first-order chi connectivity index (χ1) is 27.0. The Bertz CT molecular complexity index is 918. The monoisotopic (exact) mass is 771 g/mol. The van der Waals surface area contributed by atoms with E-state index in [0.29, 0.717) is 19.3 Å². The van der Waals surface area contributed by atoms with E-state index in [0.717, 1.165) is 96.3 Å². The second-order valence-corrected chi connectivity index (χ2v) is 15.3. The van der Waals surface area contributed by atoms with Gasteiger partial charge in [0.15, 0.2) is 6.10 Å². The highest BCUT2D eigenvalue weighted by atomic mass is 16.6. The van der Waals surface area contributed by atoms with Crippen LogP contribution in [0.3, 0.4) is 0 Å². The van der Waals surface area contributed by atoms with E-state index in [-0.39, 0.29) is 31.1 Å². The lowest BCUT2D eigenvalue weighted by molar-refractivity contribution is -0.167. The van der Waals surface area contributed by atoms with Crippen LogP contribution in [-0.2, 0) is 28.6 Å². The van der Waals surface area contributed by atoms with Gasteiger partial charge in [-0.3, -0.25) is 14.4 Å². The van der Waals surface area contributed by atoms with E-state index in [1.165, 1.54) is 89.9 Å². The van der Waals surface area contributed by atoms with E-state index in [4.69, 9.17) is 14.2 Å². The minimum absolute atomic E-state index is 0.0845. The SMILES string of the molecule is CCCCC/C=C\C/C=C\CCCCCCCC(=O)OCC(COC(=O)CCCCCCC/C=C\C/C=C\CCCCC)OC(=O)CCCCCCCCC. The van der Waals surface area contributed by atoms with E-state index in [1.807, 2.05) is 0 Å². The van der Waals surface area contributed by atoms with Crippen LogP contribution in [0.4, 0.5) is 0 Å². The zero-order valence-corrected chi connectivity index (χ0v) is 36.2. The summed E-state index contributed by atoms with van der Waals surface area (Å²) in [5.41, 5.74) is 0. The van der Waals surface area contributed by atoms with Gasteiger partial charge < -0.3 is 14.2 Å². The Labute approximate surface area is 339 Å². The highest BCUT2D eigenvalue weighted by Crippen LogP contribution is 2.13. The second-order valence-electron chi connectivity index (χ2n) is 15.3. The van der Waals surface area contributed by atoms with Gasteiger partial charge in [-0.25, -0.2) is 0 Å². The molecule has 0 bridgehead atoms. The Kier molecular flexibility index (Phi) is 42.0. The van der Waals surface area contributed by atoms with Crippen LogP contribution >= 0.6 is 0 Å². The van der Waals surface area contributed by atoms with Crippen LogP contribution in [0.15, 0.2) is 48.6 Å². The molecule has 55 heavy (non-hydrogen) atoms. The molecule has 0 spiro atoms. The predicted octanol–water partition coefficient (Wildman–Crippen LogP) is 14.8. The second kappa shape index (κ2) is 44.1. The molecule has 0 aliphatic heterocycles. The van der Waals surface area contributed by atoms with Gasteiger partial charge in [-0.1, -0.05) is 172 Å². The summed E-state index contributed by atoms with van der Waals surface area (Å²) < 4.78 is 16.6. The molecular formula is C49H86O6. The molecule has 0 saturated heterocycles. The summed E-state index contributed by atoms with van der Waals surface area (Å²) in [6.45, 7) is 6.51. The number of ether oxygens (including phenoxy) is 3. The van der Waals surface area contributed by atoms with Crippen molar-refractivity contribution in [3.63, 3.8) is 0 Å². The molecule has 0 aromatic rings. The minimum Gasteiger partial charge on any atom is -0.462 e. The maximum absolute atomic E-state index is 12.6. The maximum Gasteiger partial charge on any atom is 0.306 e. The van der Waals surface area contributed by atoms with Gasteiger partial charge in [0.1, 0.15) is 13.2 Å². The van der Waals surface area contributed by atoms with E-state index in [2.05, 4.69) is 69.4 Å². The molecule has 0 aliphatic rings. The first kappa shape index (κ1) is 52.4. The number of unbranched alkanes of at least 4 members (excludes halogenated alkanes) is 22. The Balaban J connectivity index is 4.31. The largest absolute Gasteiger partial charge is 0.462 e. The molecule has 0 fully saturated rings. The summed E-state index contributed by atoms with van der Waals surface area (Å²) in [4.78, 5) is 37.6. The van der Waals surface area contributed by atoms with Crippen LogP contribution in [0.5, 0.6) is 0 Å². The molecule has 0 aromatic heterocycles. The van der Waals surface area contributed by atoms with E-state index in [9.17, 15) is 14.4 Å². The van der Waals surface area contributed by atoms with Gasteiger partial charge in [0, 0.05) is 19.3 Å². The van der Waals surface area contributed by atoms with Crippen molar-refractivity contribution < 1.29 is 28.6 Å². The lowest BCUT2D eigenvalue weighted by atomic mass is 10.1. The lowest BCUT2D eigenvalue weighted by Gasteiger charge is -2.18. The molecule has 318 valence electrons. The fraction of sp³-hybridized carbons (Fsp3) is 0.776. The first-order valence-corrected chi connectivity index (χ1v) is 23.1. The van der Waals surface area contributed by atoms with Gasteiger partial charge in [-0.15, -0.1) is 0 Å². The first-order valence-electron chi connectivity index (χ1n) is 23.1. The van der Waals surface area contributed by atoms with Gasteiger partial charge >= 0.3 is 17.9 Å². The van der Waals surface area contributed by atoms with Gasteiger partial charge in [0.2, 0.25) is 0 Å². The topological polar surface area (TPSA) is 78.9 Å². The van der Waals surface area contributed by atoms with Crippen LogP contribution in [0.1, 0.15) is 226 Å². The van der Waals surface area contributed by atoms with Crippen molar-refractivity contribution in [2.24, 2.45) is 0 Å². The van der Waals surface area contributed by atoms with Crippen LogP contribution in [0, 0.1) is 0 Å². The fourth-order valence-corrected chi connectivity index (χ4v) is 6.27. The summed E-state index contributed by atoms with van der Waals surface area (Å²) in [5, 5.41) is 0. The number of carbonyl (C=O) groups is 3. The number of allylic oxidation sites excluding steroid dienone is 8. The quantitative estimate of drug-likeness (QED) is 0.0267. The van der Waals surface area contributed by atoms with Crippen LogP contribution in [-0.4, -0.2) is 37.2 Å². The number of rotatable bonds is 41. The number of carbonyl (C=O) groups excluding carboxylic acids is 3. The number of hydrogen-bond donors (Lipinski definition) is 0. The van der Waals surface area contributed by atoms with Gasteiger partial charge in [-0.2, -0.15) is 0 Å². The molecule has 0 radical (unpaired) electrons. The summed E-state index contributed by atoms with van der Waals surface area (Å²) >= 11 is 0. The highest BCUT2D eigenvalue weighted by molar-refractivity contribution is 5.71. The zero-order valence-electron chi connectivity index (χ0n) is 36.2. The highest BCUT2D eigenvalue weighted by Gasteiger charge is 2.19. The predicted molar refractivity (Wildman–Crippen MR) is 233 cm³/mol. The van der Waals surface area contributed by atoms with Crippen molar-refractivity contribution in [1.82, 2.24) is 0 Å². The van der Waals surface area contributed by atoms with Gasteiger partial charge in [0.25, 0.3) is 0 Å². The average molecular weight is 771 g/mol. The molecule has 0 atom stereocenters. The third-order valence-electron chi connectivity index (χ3n) is 9.81. The Morgan fingerprint density at radius 1 is 0.364 bits per heavy atom. The molecule has 0 saturated carbocycles. The molecule has 0 heterocycles. The maximum atomic E-state index is 12.6. The Hall–Kier alpha value is -2.63. The molecular weight excluding hydrogens is 685 g/mol. The standard InChI is InChI=1S/C49H86O6/c1-4-7-10-13-16-18-20-22-24-26-28-30-33-35-38-41-47(50)53-44-46(55-49(52)43-40-37-32-15-12-9-6-3)45-54-48(51)42-39-36-34-31-29-27-25-23-21-19-17-14-11-8-5-2/h16-19,22-25,46H,4-15,20-21,26-45H2,1-3H3/b18-16-,19-17-,24-22-,25-23-. The number of hydrogen-bond acceptors (Lipinski definition) is 6. The summed E-state index contributed by atoms with van der Waals surface area (Å²) in [7, 11) is 0. The summed E-state index contributed by atoms with van der Waals surface area (Å²) in [6, 6.07) is 0. The smallest absolute Gasteiger partial charge is 0.306 e. The van der Waals surface area contributed by atoms with E-state index < -0.39 is 6.10 Å². The molecule has 0 rings (SSSR count). The molecule has 6 heteroatoms. The van der Waals surface area contributed by atoms with Crippen LogP contribution in [0.2, 0.25) is 0 Å². The minimum atomic E-state index is -0.779. The van der Waals surface area contributed by atoms with Gasteiger partial charge in [0.05, 0.1) is 0 Å². The average Bonchev–Trinajstić information content (AvgIpc) is 3.18. The van der Waals surface area contributed by atoms with Crippen molar-refractivity contribution in [3.05, 3.63) is 48.6 Å². The molecule has 0 aliphatic carbocycles. The third-order valence-corrected chi connectivity index (χ3v) is 9.81. The van der Waals surface area contributed by atoms with Crippen molar-refractivity contribution in [2.75, 3.05) is 13.2 Å². The third kappa shape index (κ3) is 42.4. The molecule has 0 aromatic carbocycles. The summed E-state index contributed by atoms with van der Waals surface area (Å²) in [5.74, 6) is -0.918. The number of esters is 3. The van der Waals surface area contributed by atoms with Crippen LogP contribution < -0.4 is 0 Å². The van der Waals surface area contributed by atoms with Crippen molar-refractivity contribution >= 4 is 17.9 Å². The normalized spacial score (nSPS) is 11.9. The van der Waals surface area contributed by atoms with E-state index in [1.54, 1.807) is 0 Å². The summed E-state index contributed by atoms with van der Waals surface area (Å²) in [6.07, 6.45) is 51.0. The fourth-order valence-electron chi connectivity index (χ4n) is 6.27. The molecule has 0 unspecified atom stereocenters. The van der Waals surface area contributed by atoms with Crippen molar-refractivity contribution in [3.8, 4) is 0 Å². The van der Waals surface area contributed by atoms with Gasteiger partial charge in [-0.05, 0) is 83.5 Å². The zero-order chi connectivity index (χ0) is 40.1. The molecule has 0 N–H and O–H groups in total. The van der Waals surface area contributed by atoms with Crippen LogP contribution in [0.25, 0.3) is 0 Å². The molecule has 6 nitrogen and oxygen atoms in total. The molecule has 0 amide bonds. The van der Waals surface area contributed by atoms with E-state index >= 15 is 0 Å². The van der Waals surface area contributed by atoms with Crippen molar-refractivity contribution in [1.29, 1.82) is 0 Å². The Morgan fingerprint density at radius 2 is 0.655 bits per heavy atom.